The van der Waals surface area contributed by atoms with E-state index in [1.54, 1.807) is 0 Å². The van der Waals surface area contributed by atoms with E-state index in [9.17, 15) is 0 Å². The first-order valence-corrected chi connectivity index (χ1v) is 6.61. The molecule has 0 aromatic heterocycles. The Morgan fingerprint density at radius 3 is 2.27 bits per heavy atom. The van der Waals surface area contributed by atoms with Crippen LogP contribution >= 0.6 is 0 Å². The van der Waals surface area contributed by atoms with Crippen LogP contribution in [0.5, 0.6) is 0 Å². The molecule has 4 rings (SSSR count). The van der Waals surface area contributed by atoms with E-state index in [1.165, 1.54) is 27.8 Å². The standard InChI is InChI=1S/C13H9.C6H7.2ClH.Zr/c1-3-7-12-10(5-1)9-11-6-2-4-8-13(11)12;1-6-4-2-3-5-6;;;/h1-5,7-8H,9H2;2-5H,1H3;2*1H;/q2*-1;;;+4/p-2. The minimum absolute atomic E-state index is 0. The maximum atomic E-state index is 3.30. The molecule has 0 amide bonds. The molecule has 110 valence electrons. The molecule has 0 saturated carbocycles. The molecule has 0 aliphatic heterocycles. The molecule has 0 atom stereocenters. The van der Waals surface area contributed by atoms with E-state index in [1.807, 2.05) is 18.2 Å². The minimum Gasteiger partial charge on any atom is -1.00 e. The molecule has 0 heterocycles. The van der Waals surface area contributed by atoms with Gasteiger partial charge in [-0.2, -0.15) is 47.5 Å². The average molecular weight is 406 g/mol. The molecular weight excluding hydrogens is 390 g/mol. The third kappa shape index (κ3) is 4.88. The van der Waals surface area contributed by atoms with Crippen LogP contribution in [-0.2, 0) is 32.6 Å². The van der Waals surface area contributed by atoms with Gasteiger partial charge in [0.05, 0.1) is 0 Å². The van der Waals surface area contributed by atoms with Crippen LogP contribution in [0.15, 0.2) is 66.7 Å². The Balaban J connectivity index is 0.000000429. The van der Waals surface area contributed by atoms with Crippen LogP contribution in [0.2, 0.25) is 0 Å². The van der Waals surface area contributed by atoms with Crippen LogP contribution in [0.1, 0.15) is 16.7 Å². The minimum atomic E-state index is 0. The normalized spacial score (nSPS) is 9.68. The van der Waals surface area contributed by atoms with Crippen molar-refractivity contribution < 1.29 is 51.0 Å². The summed E-state index contributed by atoms with van der Waals surface area (Å²) >= 11 is 0. The van der Waals surface area contributed by atoms with Gasteiger partial charge in [0.25, 0.3) is 0 Å². The zero-order chi connectivity index (χ0) is 13.1. The first kappa shape index (κ1) is 21.3. The number of hydrogen-bond acceptors (Lipinski definition) is 0. The molecule has 0 radical (unpaired) electrons. The molecule has 0 nitrogen and oxygen atoms in total. The van der Waals surface area contributed by atoms with Gasteiger partial charge in [0.1, 0.15) is 0 Å². The summed E-state index contributed by atoms with van der Waals surface area (Å²) in [7, 11) is 0. The van der Waals surface area contributed by atoms with E-state index in [0.29, 0.717) is 0 Å². The quantitative estimate of drug-likeness (QED) is 0.321. The molecule has 0 N–H and O–H groups in total. The van der Waals surface area contributed by atoms with Crippen LogP contribution in [0.3, 0.4) is 0 Å². The van der Waals surface area contributed by atoms with Crippen molar-refractivity contribution in [1.82, 2.24) is 0 Å². The summed E-state index contributed by atoms with van der Waals surface area (Å²) in [5, 5.41) is 0. The van der Waals surface area contributed by atoms with Gasteiger partial charge < -0.3 is 24.8 Å². The molecule has 1 aliphatic carbocycles. The van der Waals surface area contributed by atoms with Crippen LogP contribution < -0.4 is 24.8 Å². The van der Waals surface area contributed by atoms with E-state index in [4.69, 9.17) is 0 Å². The second-order valence-electron chi connectivity index (χ2n) is 4.86. The largest absolute Gasteiger partial charge is 4.00 e. The molecule has 3 aromatic carbocycles. The smallest absolute Gasteiger partial charge is 1.00 e. The summed E-state index contributed by atoms with van der Waals surface area (Å²) in [6, 6.07) is 26.3. The van der Waals surface area contributed by atoms with Crippen molar-refractivity contribution in [1.29, 1.82) is 0 Å². The van der Waals surface area contributed by atoms with Crippen molar-refractivity contribution >= 4 is 0 Å². The van der Waals surface area contributed by atoms with Gasteiger partial charge in [-0.25, -0.2) is 12.1 Å². The number of benzene rings is 2. The van der Waals surface area contributed by atoms with Crippen molar-refractivity contribution in [2.24, 2.45) is 0 Å². The van der Waals surface area contributed by atoms with Gasteiger partial charge >= 0.3 is 26.2 Å². The van der Waals surface area contributed by atoms with E-state index in [-0.39, 0.29) is 51.0 Å². The van der Waals surface area contributed by atoms with Gasteiger partial charge in [0, 0.05) is 0 Å². The first-order chi connectivity index (χ1) is 9.34. The Hall–Kier alpha value is -0.747. The number of fused-ring (bicyclic) bond motifs is 3. The molecular formula is C19H16Cl2Zr. The van der Waals surface area contributed by atoms with Crippen molar-refractivity contribution in [3.63, 3.8) is 0 Å². The summed E-state index contributed by atoms with van der Waals surface area (Å²) in [5.74, 6) is 0. The predicted octanol–water partition coefficient (Wildman–Crippen LogP) is -1.22. The zero-order valence-corrected chi connectivity index (χ0v) is 16.3. The fourth-order valence-electron chi connectivity index (χ4n) is 2.47. The number of halogens is 2. The van der Waals surface area contributed by atoms with Crippen molar-refractivity contribution in [2.45, 2.75) is 13.3 Å². The van der Waals surface area contributed by atoms with E-state index < -0.39 is 0 Å². The molecule has 0 saturated heterocycles. The van der Waals surface area contributed by atoms with Crippen LogP contribution in [0, 0.1) is 13.0 Å². The third-order valence-electron chi connectivity index (χ3n) is 3.45. The van der Waals surface area contributed by atoms with E-state index in [0.717, 1.165) is 6.42 Å². The van der Waals surface area contributed by atoms with E-state index >= 15 is 0 Å². The fraction of sp³-hybridized carbons (Fsp3) is 0.105. The summed E-state index contributed by atoms with van der Waals surface area (Å²) < 4.78 is 0. The van der Waals surface area contributed by atoms with Crippen LogP contribution in [-0.4, -0.2) is 0 Å². The molecule has 3 aromatic rings. The molecule has 22 heavy (non-hydrogen) atoms. The Bertz CT molecular complexity index is 632. The topological polar surface area (TPSA) is 0 Å². The van der Waals surface area contributed by atoms with E-state index in [2.05, 4.69) is 61.5 Å². The fourth-order valence-corrected chi connectivity index (χ4v) is 2.47. The second kappa shape index (κ2) is 10.1. The molecule has 1 aliphatic rings. The number of aryl methyl sites for hydroxylation is 1. The Labute approximate surface area is 164 Å². The van der Waals surface area contributed by atoms with Gasteiger partial charge in [0.2, 0.25) is 0 Å². The number of hydrogen-bond donors (Lipinski definition) is 0. The predicted molar refractivity (Wildman–Crippen MR) is 80.3 cm³/mol. The summed E-state index contributed by atoms with van der Waals surface area (Å²) in [6.45, 7) is 2.08. The van der Waals surface area contributed by atoms with Gasteiger partial charge in [-0.1, -0.05) is 42.3 Å². The monoisotopic (exact) mass is 404 g/mol. The Morgan fingerprint density at radius 2 is 1.64 bits per heavy atom. The van der Waals surface area contributed by atoms with Gasteiger partial charge in [-0.3, -0.25) is 0 Å². The zero-order valence-electron chi connectivity index (χ0n) is 12.3. The van der Waals surface area contributed by atoms with Gasteiger partial charge in [0.15, 0.2) is 0 Å². The molecule has 0 bridgehead atoms. The SMILES string of the molecule is Cc1ccc[cH-]1.[Cl-].[Cl-].[Zr+4].[c-]1cccc2c1Cc1ccccc1-2. The molecule has 0 unspecified atom stereocenters. The maximum Gasteiger partial charge on any atom is 4.00 e. The van der Waals surface area contributed by atoms with Crippen LogP contribution in [0.4, 0.5) is 0 Å². The number of rotatable bonds is 0. The van der Waals surface area contributed by atoms with Crippen molar-refractivity contribution in [3.8, 4) is 11.1 Å². The summed E-state index contributed by atoms with van der Waals surface area (Å²) in [6.07, 6.45) is 1.05. The Morgan fingerprint density at radius 1 is 0.909 bits per heavy atom. The molecule has 0 spiro atoms. The molecule has 0 fully saturated rings. The maximum absolute atomic E-state index is 3.30. The summed E-state index contributed by atoms with van der Waals surface area (Å²) in [4.78, 5) is 0. The Kier molecular flexibility index (Phi) is 9.76. The molecule has 3 heteroatoms. The third-order valence-corrected chi connectivity index (χ3v) is 3.45. The van der Waals surface area contributed by atoms with Crippen molar-refractivity contribution in [3.05, 3.63) is 89.5 Å². The second-order valence-corrected chi connectivity index (χ2v) is 4.86. The van der Waals surface area contributed by atoms with Crippen LogP contribution in [0.25, 0.3) is 11.1 Å². The van der Waals surface area contributed by atoms with Crippen molar-refractivity contribution in [2.75, 3.05) is 0 Å². The van der Waals surface area contributed by atoms with Gasteiger partial charge in [-0.05, 0) is 6.42 Å². The first-order valence-electron chi connectivity index (χ1n) is 6.61. The summed E-state index contributed by atoms with van der Waals surface area (Å²) in [5.41, 5.74) is 6.85. The average Bonchev–Trinajstić information content (AvgIpc) is 3.06. The van der Waals surface area contributed by atoms with Gasteiger partial charge in [-0.15, -0.1) is 5.56 Å².